The first kappa shape index (κ1) is 19.0. The molecule has 27 heavy (non-hydrogen) atoms. The quantitative estimate of drug-likeness (QED) is 0.532. The van der Waals surface area contributed by atoms with Crippen LogP contribution in [0.5, 0.6) is 11.5 Å². The molecule has 0 saturated heterocycles. The first-order chi connectivity index (χ1) is 13.3. The lowest BCUT2D eigenvalue weighted by molar-refractivity contribution is 0.157. The molecule has 1 unspecified atom stereocenters. The number of aliphatic hydroxyl groups excluding tert-OH is 1. The van der Waals surface area contributed by atoms with E-state index in [1.807, 2.05) is 78.9 Å². The highest BCUT2D eigenvalue weighted by Gasteiger charge is 2.18. The zero-order chi connectivity index (χ0) is 18.9. The normalized spacial score (nSPS) is 11.8. The van der Waals surface area contributed by atoms with Gasteiger partial charge in [0.2, 0.25) is 0 Å². The summed E-state index contributed by atoms with van der Waals surface area (Å²) in [6.07, 6.45) is 1.01. The van der Waals surface area contributed by atoms with Crippen molar-refractivity contribution in [1.82, 2.24) is 0 Å². The Morgan fingerprint density at radius 2 is 1.33 bits per heavy atom. The molecule has 3 rings (SSSR count). The van der Waals surface area contributed by atoms with E-state index in [9.17, 15) is 5.11 Å². The van der Waals surface area contributed by atoms with Crippen LogP contribution in [0.15, 0.2) is 78.9 Å². The second kappa shape index (κ2) is 9.79. The lowest BCUT2D eigenvalue weighted by Gasteiger charge is -2.19. The molecule has 3 aromatic rings. The van der Waals surface area contributed by atoms with E-state index in [0.29, 0.717) is 31.1 Å². The van der Waals surface area contributed by atoms with Crippen LogP contribution in [0, 0.1) is 0 Å². The van der Waals surface area contributed by atoms with E-state index in [2.05, 4.69) is 6.92 Å². The Morgan fingerprint density at radius 3 is 1.93 bits per heavy atom. The van der Waals surface area contributed by atoms with Crippen LogP contribution >= 0.6 is 0 Å². The van der Waals surface area contributed by atoms with Crippen molar-refractivity contribution in [1.29, 1.82) is 0 Å². The van der Waals surface area contributed by atoms with Crippen molar-refractivity contribution in [2.75, 3.05) is 0 Å². The second-order valence-electron chi connectivity index (χ2n) is 6.53. The molecule has 140 valence electrons. The zero-order valence-corrected chi connectivity index (χ0v) is 15.7. The SMILES string of the molecule is CCCC(O)c1cccc(OCc2ccccc2)c1OCc1ccccc1. The van der Waals surface area contributed by atoms with Gasteiger partial charge in [-0.2, -0.15) is 0 Å². The van der Waals surface area contributed by atoms with Gasteiger partial charge in [-0.25, -0.2) is 0 Å². The number of benzene rings is 3. The van der Waals surface area contributed by atoms with Gasteiger partial charge in [-0.3, -0.25) is 0 Å². The van der Waals surface area contributed by atoms with E-state index in [1.54, 1.807) is 0 Å². The van der Waals surface area contributed by atoms with Gasteiger partial charge in [0, 0.05) is 5.56 Å². The Balaban J connectivity index is 1.83. The van der Waals surface area contributed by atoms with Crippen LogP contribution in [-0.2, 0) is 13.2 Å². The average Bonchev–Trinajstić information content (AvgIpc) is 2.72. The van der Waals surface area contributed by atoms with Gasteiger partial charge >= 0.3 is 0 Å². The van der Waals surface area contributed by atoms with Crippen molar-refractivity contribution in [2.24, 2.45) is 0 Å². The third kappa shape index (κ3) is 5.35. The molecule has 3 heteroatoms. The Morgan fingerprint density at radius 1 is 0.741 bits per heavy atom. The first-order valence-corrected chi connectivity index (χ1v) is 9.42. The van der Waals surface area contributed by atoms with E-state index in [0.717, 1.165) is 23.1 Å². The summed E-state index contributed by atoms with van der Waals surface area (Å²) in [5.41, 5.74) is 2.94. The number of aliphatic hydroxyl groups is 1. The van der Waals surface area contributed by atoms with Crippen molar-refractivity contribution >= 4 is 0 Å². The Kier molecular flexibility index (Phi) is 6.89. The summed E-state index contributed by atoms with van der Waals surface area (Å²) in [6.45, 7) is 2.94. The van der Waals surface area contributed by atoms with Crippen LogP contribution in [0.3, 0.4) is 0 Å². The summed E-state index contributed by atoms with van der Waals surface area (Å²) in [7, 11) is 0. The van der Waals surface area contributed by atoms with E-state index in [4.69, 9.17) is 9.47 Å². The van der Waals surface area contributed by atoms with Crippen LogP contribution in [0.25, 0.3) is 0 Å². The summed E-state index contributed by atoms with van der Waals surface area (Å²) >= 11 is 0. The number of hydrogen-bond acceptors (Lipinski definition) is 3. The Hall–Kier alpha value is -2.78. The van der Waals surface area contributed by atoms with Crippen molar-refractivity contribution in [3.05, 3.63) is 95.6 Å². The van der Waals surface area contributed by atoms with Crippen LogP contribution in [0.4, 0.5) is 0 Å². The standard InChI is InChI=1S/C24H26O3/c1-2-10-22(25)21-15-9-16-23(26-17-19-11-5-3-6-12-19)24(21)27-18-20-13-7-4-8-14-20/h3-9,11-16,22,25H,2,10,17-18H2,1H3. The maximum atomic E-state index is 10.6. The molecular weight excluding hydrogens is 336 g/mol. The molecule has 0 aliphatic carbocycles. The van der Waals surface area contributed by atoms with Gasteiger partial charge in [0.1, 0.15) is 13.2 Å². The van der Waals surface area contributed by atoms with E-state index in [1.165, 1.54) is 0 Å². The minimum Gasteiger partial charge on any atom is -0.485 e. The summed E-state index contributed by atoms with van der Waals surface area (Å²) in [5, 5.41) is 10.6. The molecular formula is C24H26O3. The monoisotopic (exact) mass is 362 g/mol. The largest absolute Gasteiger partial charge is 0.485 e. The first-order valence-electron chi connectivity index (χ1n) is 9.42. The molecule has 0 aliphatic rings. The molecule has 0 heterocycles. The van der Waals surface area contributed by atoms with E-state index in [-0.39, 0.29) is 0 Å². The molecule has 0 fully saturated rings. The van der Waals surface area contributed by atoms with Crippen LogP contribution in [0.2, 0.25) is 0 Å². The highest BCUT2D eigenvalue weighted by atomic mass is 16.5. The molecule has 3 nitrogen and oxygen atoms in total. The van der Waals surface area contributed by atoms with Gasteiger partial charge in [-0.1, -0.05) is 86.1 Å². The van der Waals surface area contributed by atoms with Crippen LogP contribution in [0.1, 0.15) is 42.6 Å². The van der Waals surface area contributed by atoms with E-state index >= 15 is 0 Å². The summed E-state index contributed by atoms with van der Waals surface area (Å²) in [4.78, 5) is 0. The third-order valence-electron chi connectivity index (χ3n) is 4.39. The van der Waals surface area contributed by atoms with Gasteiger partial charge in [0.25, 0.3) is 0 Å². The number of rotatable bonds is 9. The smallest absolute Gasteiger partial charge is 0.167 e. The minimum atomic E-state index is -0.568. The number of ether oxygens (including phenoxy) is 2. The van der Waals surface area contributed by atoms with E-state index < -0.39 is 6.10 Å². The molecule has 0 spiro atoms. The molecule has 0 aliphatic heterocycles. The topological polar surface area (TPSA) is 38.7 Å². The summed E-state index contributed by atoms with van der Waals surface area (Å²) in [5.74, 6) is 1.28. The predicted octanol–water partition coefficient (Wildman–Crippen LogP) is 5.68. The Labute approximate surface area is 161 Å². The van der Waals surface area contributed by atoms with Gasteiger partial charge in [-0.15, -0.1) is 0 Å². The van der Waals surface area contributed by atoms with Crippen LogP contribution < -0.4 is 9.47 Å². The zero-order valence-electron chi connectivity index (χ0n) is 15.7. The lowest BCUT2D eigenvalue weighted by atomic mass is 10.0. The maximum Gasteiger partial charge on any atom is 0.167 e. The number of para-hydroxylation sites is 1. The van der Waals surface area contributed by atoms with Crippen molar-refractivity contribution in [2.45, 2.75) is 39.1 Å². The number of hydrogen-bond donors (Lipinski definition) is 1. The second-order valence-corrected chi connectivity index (χ2v) is 6.53. The van der Waals surface area contributed by atoms with Crippen molar-refractivity contribution in [3.8, 4) is 11.5 Å². The highest BCUT2D eigenvalue weighted by molar-refractivity contribution is 5.48. The van der Waals surface area contributed by atoms with Gasteiger partial charge in [0.05, 0.1) is 6.10 Å². The molecule has 0 radical (unpaired) electrons. The fourth-order valence-corrected chi connectivity index (χ4v) is 2.96. The molecule has 1 N–H and O–H groups in total. The Bertz CT molecular complexity index is 816. The lowest BCUT2D eigenvalue weighted by Crippen LogP contribution is -2.06. The molecule has 0 bridgehead atoms. The van der Waals surface area contributed by atoms with Gasteiger partial charge < -0.3 is 14.6 Å². The van der Waals surface area contributed by atoms with Crippen molar-refractivity contribution in [3.63, 3.8) is 0 Å². The highest BCUT2D eigenvalue weighted by Crippen LogP contribution is 2.37. The summed E-state index contributed by atoms with van der Waals surface area (Å²) in [6, 6.07) is 25.8. The molecule has 0 amide bonds. The fourth-order valence-electron chi connectivity index (χ4n) is 2.96. The molecule has 0 saturated carbocycles. The van der Waals surface area contributed by atoms with Gasteiger partial charge in [-0.05, 0) is 23.6 Å². The minimum absolute atomic E-state index is 0.429. The average molecular weight is 362 g/mol. The molecule has 3 aromatic carbocycles. The molecule has 1 atom stereocenters. The third-order valence-corrected chi connectivity index (χ3v) is 4.39. The van der Waals surface area contributed by atoms with Crippen LogP contribution in [-0.4, -0.2) is 5.11 Å². The fraction of sp³-hybridized carbons (Fsp3) is 0.250. The summed E-state index contributed by atoms with van der Waals surface area (Å²) < 4.78 is 12.2. The predicted molar refractivity (Wildman–Crippen MR) is 108 cm³/mol. The maximum absolute atomic E-state index is 10.6. The van der Waals surface area contributed by atoms with Crippen molar-refractivity contribution < 1.29 is 14.6 Å². The van der Waals surface area contributed by atoms with Gasteiger partial charge in [0.15, 0.2) is 11.5 Å². The molecule has 0 aromatic heterocycles.